The van der Waals surface area contributed by atoms with Crippen LogP contribution in [0.3, 0.4) is 0 Å². The van der Waals surface area contributed by atoms with Crippen molar-refractivity contribution in [1.29, 1.82) is 0 Å². The van der Waals surface area contributed by atoms with E-state index in [1.165, 1.54) is 22.3 Å². The zero-order valence-corrected chi connectivity index (χ0v) is 39.6. The molecule has 0 bridgehead atoms. The van der Waals surface area contributed by atoms with Gasteiger partial charge in [0, 0.05) is 11.8 Å². The molecule has 54 heavy (non-hydrogen) atoms. The van der Waals surface area contributed by atoms with E-state index in [0.717, 1.165) is 76.5 Å². The minimum atomic E-state index is -2.13. The van der Waals surface area contributed by atoms with Gasteiger partial charge in [-0.05, 0) is 99.6 Å². The second-order valence-electron chi connectivity index (χ2n) is 17.4. The molecular weight excluding hydrogens is 691 g/mol. The van der Waals surface area contributed by atoms with Crippen LogP contribution in [0.25, 0.3) is 11.1 Å². The standard InChI is InChI=1S/C48H75N3OSi2/c1-19-36-29-49-44(37(36)20-2)42(25-27-53(30(7)8,31(9)10)32(11)12)45-38(21-3)39(22-4)46(50-45)43(47-40(23-5)41(24-6)48(52)51-47)26-28-54(33(13)14,34(15)16)35(17)18/h29-35,49-50H,19-24H2,1-18H3/b45-42-,46-43-. The summed E-state index contributed by atoms with van der Waals surface area (Å²) in [5.41, 5.74) is 22.2. The number of hydrogen-bond acceptors (Lipinski definition) is 1. The Morgan fingerprint density at radius 3 is 1.35 bits per heavy atom. The molecule has 0 radical (unpaired) electrons. The first-order valence-electron chi connectivity index (χ1n) is 21.5. The molecule has 4 nitrogen and oxygen atoms in total. The first-order chi connectivity index (χ1) is 25.4. The van der Waals surface area contributed by atoms with Crippen molar-refractivity contribution < 1.29 is 4.79 Å². The van der Waals surface area contributed by atoms with E-state index in [9.17, 15) is 4.79 Å². The van der Waals surface area contributed by atoms with Crippen molar-refractivity contribution >= 4 is 38.9 Å². The van der Waals surface area contributed by atoms with Crippen molar-refractivity contribution in [3.05, 3.63) is 56.0 Å². The van der Waals surface area contributed by atoms with Gasteiger partial charge in [-0.25, -0.2) is 4.99 Å². The molecule has 0 saturated heterocycles. The third kappa shape index (κ3) is 8.08. The molecule has 0 aromatic carbocycles. The van der Waals surface area contributed by atoms with Gasteiger partial charge in [0.05, 0.1) is 33.3 Å². The van der Waals surface area contributed by atoms with Gasteiger partial charge in [-0.3, -0.25) is 4.79 Å². The van der Waals surface area contributed by atoms with Crippen LogP contribution in [0.4, 0.5) is 0 Å². The predicted molar refractivity (Wildman–Crippen MR) is 242 cm³/mol. The molecule has 2 aromatic rings. The average Bonchev–Trinajstić information content (AvgIpc) is 3.79. The molecule has 0 unspecified atom stereocenters. The molecule has 3 heterocycles. The molecule has 1 amide bonds. The van der Waals surface area contributed by atoms with Crippen LogP contribution in [0.5, 0.6) is 0 Å². The summed E-state index contributed by atoms with van der Waals surface area (Å²) in [7, 11) is -4.19. The summed E-state index contributed by atoms with van der Waals surface area (Å²) < 4.78 is 0. The Kier molecular flexibility index (Phi) is 15.7. The van der Waals surface area contributed by atoms with Gasteiger partial charge < -0.3 is 9.97 Å². The summed E-state index contributed by atoms with van der Waals surface area (Å²) in [4.78, 5) is 26.2. The molecule has 296 valence electrons. The van der Waals surface area contributed by atoms with Crippen LogP contribution in [0.1, 0.15) is 165 Å². The van der Waals surface area contributed by atoms with Crippen LogP contribution >= 0.6 is 0 Å². The summed E-state index contributed by atoms with van der Waals surface area (Å²) >= 11 is 0. The Morgan fingerprint density at radius 1 is 0.574 bits per heavy atom. The zero-order valence-electron chi connectivity index (χ0n) is 37.6. The number of nitrogens with zero attached hydrogens (tertiary/aromatic N) is 1. The number of allylic oxidation sites excluding steroid dienone is 1. The lowest BCUT2D eigenvalue weighted by Crippen LogP contribution is -2.43. The number of hydrogen-bond donors (Lipinski definition) is 2. The van der Waals surface area contributed by atoms with Gasteiger partial charge >= 0.3 is 0 Å². The molecule has 0 atom stereocenters. The Bertz CT molecular complexity index is 1940. The second kappa shape index (κ2) is 18.7. The van der Waals surface area contributed by atoms with Crippen molar-refractivity contribution in [3.8, 4) is 22.9 Å². The summed E-state index contributed by atoms with van der Waals surface area (Å²) in [6, 6.07) is 0. The number of carbonyl (C=O) groups is 1. The van der Waals surface area contributed by atoms with Gasteiger partial charge in [0.2, 0.25) is 0 Å². The van der Waals surface area contributed by atoms with Crippen molar-refractivity contribution in [2.45, 2.75) is 196 Å². The molecule has 0 saturated carbocycles. The van der Waals surface area contributed by atoms with Gasteiger partial charge in [0.15, 0.2) is 0 Å². The fraction of sp³-hybridized carbons (Fsp3) is 0.625. The average molecular weight is 766 g/mol. The van der Waals surface area contributed by atoms with E-state index < -0.39 is 16.1 Å². The number of amides is 1. The van der Waals surface area contributed by atoms with Gasteiger partial charge in [0.25, 0.3) is 5.91 Å². The summed E-state index contributed by atoms with van der Waals surface area (Å²) in [5, 5.41) is 2.11. The van der Waals surface area contributed by atoms with E-state index in [2.05, 4.69) is 164 Å². The molecular formula is C48H75N3OSi2. The third-order valence-electron chi connectivity index (χ3n) is 13.1. The van der Waals surface area contributed by atoms with E-state index in [-0.39, 0.29) is 5.91 Å². The van der Waals surface area contributed by atoms with E-state index in [0.29, 0.717) is 39.7 Å². The van der Waals surface area contributed by atoms with E-state index in [1.807, 2.05) is 0 Å². The number of rotatable bonds is 14. The highest BCUT2D eigenvalue weighted by Crippen LogP contribution is 2.42. The van der Waals surface area contributed by atoms with Crippen molar-refractivity contribution in [2.75, 3.05) is 0 Å². The Labute approximate surface area is 332 Å². The maximum absolute atomic E-state index is 13.5. The second-order valence-corrected chi connectivity index (χ2v) is 28.5. The molecule has 2 aromatic heterocycles. The fourth-order valence-electron chi connectivity index (χ4n) is 10.4. The number of nitrogens with one attached hydrogen (secondary N) is 2. The van der Waals surface area contributed by atoms with Crippen LogP contribution in [0, 0.1) is 22.9 Å². The van der Waals surface area contributed by atoms with Gasteiger partial charge in [0.1, 0.15) is 16.1 Å². The molecule has 1 aliphatic heterocycles. The number of H-pyrrole nitrogens is 2. The number of carbonyl (C=O) groups excluding carboxylic acids is 1. The fourth-order valence-corrected chi connectivity index (χ4v) is 20.8. The smallest absolute Gasteiger partial charge is 0.273 e. The largest absolute Gasteiger partial charge is 0.360 e. The quantitative estimate of drug-likeness (QED) is 0.146. The van der Waals surface area contributed by atoms with Gasteiger partial charge in [-0.2, -0.15) is 0 Å². The highest BCUT2D eigenvalue weighted by molar-refractivity contribution is 6.91. The highest BCUT2D eigenvalue weighted by atomic mass is 28.3. The van der Waals surface area contributed by atoms with Crippen molar-refractivity contribution in [2.24, 2.45) is 4.99 Å². The monoisotopic (exact) mass is 766 g/mol. The summed E-state index contributed by atoms with van der Waals surface area (Å²) in [6.45, 7) is 41.8. The third-order valence-corrected chi connectivity index (χ3v) is 25.7. The SMILES string of the molecule is CCC1=C(CC)C(/C(C#C[Si](C(C)C)(C(C)C)C(C)C)=c2\[nH]/c(=C(/C#C[Si](C(C)C)(C(C)C)C(C)C)c3[nH]cc(CC)c3CC)c(CC)c2CC)=NC1=O. The van der Waals surface area contributed by atoms with Crippen LogP contribution in [0.2, 0.25) is 33.2 Å². The molecule has 2 N–H and O–H groups in total. The lowest BCUT2D eigenvalue weighted by atomic mass is 9.95. The molecule has 6 heteroatoms. The van der Waals surface area contributed by atoms with Gasteiger partial charge in [-0.1, -0.05) is 136 Å². The molecule has 1 aliphatic rings. The van der Waals surface area contributed by atoms with Crippen LogP contribution in [0.15, 0.2) is 22.3 Å². The number of aliphatic imine (C=N–C) groups is 1. The minimum absolute atomic E-state index is 0.106. The Balaban J connectivity index is 2.84. The first kappa shape index (κ1) is 45.3. The predicted octanol–water partition coefficient (Wildman–Crippen LogP) is 11.5. The van der Waals surface area contributed by atoms with Crippen molar-refractivity contribution in [1.82, 2.24) is 9.97 Å². The van der Waals surface area contributed by atoms with E-state index >= 15 is 0 Å². The van der Waals surface area contributed by atoms with E-state index in [1.54, 1.807) is 0 Å². The topological polar surface area (TPSA) is 61.0 Å². The Hall–Kier alpha value is -3.07. The van der Waals surface area contributed by atoms with E-state index in [4.69, 9.17) is 4.99 Å². The molecule has 0 aliphatic carbocycles. The number of aromatic nitrogens is 2. The number of aromatic amines is 2. The molecule has 3 rings (SSSR count). The van der Waals surface area contributed by atoms with Crippen LogP contribution in [-0.4, -0.2) is 37.7 Å². The lowest BCUT2D eigenvalue weighted by molar-refractivity contribution is -0.114. The normalized spacial score (nSPS) is 15.2. The molecule has 0 spiro atoms. The first-order valence-corrected chi connectivity index (χ1v) is 26.0. The zero-order chi connectivity index (χ0) is 40.9. The van der Waals surface area contributed by atoms with Crippen LogP contribution in [-0.2, 0) is 30.5 Å². The summed E-state index contributed by atoms with van der Waals surface area (Å²) in [5.74, 6) is 7.75. The Morgan fingerprint density at radius 2 is 0.981 bits per heavy atom. The number of aryl methyl sites for hydroxylation is 1. The van der Waals surface area contributed by atoms with Crippen molar-refractivity contribution in [3.63, 3.8) is 0 Å². The maximum Gasteiger partial charge on any atom is 0.273 e. The molecule has 0 fully saturated rings. The minimum Gasteiger partial charge on any atom is -0.360 e. The highest BCUT2D eigenvalue weighted by Gasteiger charge is 2.43. The summed E-state index contributed by atoms with van der Waals surface area (Å²) in [6.07, 6.45) is 7.21. The lowest BCUT2D eigenvalue weighted by Gasteiger charge is -2.38. The van der Waals surface area contributed by atoms with Gasteiger partial charge in [-0.15, -0.1) is 11.1 Å². The van der Waals surface area contributed by atoms with Crippen LogP contribution < -0.4 is 10.7 Å². The maximum atomic E-state index is 13.5.